The van der Waals surface area contributed by atoms with Crippen molar-refractivity contribution in [1.82, 2.24) is 9.88 Å². The Morgan fingerprint density at radius 3 is 2.81 bits per heavy atom. The second-order valence-corrected chi connectivity index (χ2v) is 7.10. The van der Waals surface area contributed by atoms with Crippen molar-refractivity contribution >= 4 is 64.1 Å². The Hall–Kier alpha value is -1.79. The summed E-state index contributed by atoms with van der Waals surface area (Å²) in [6.07, 6.45) is 5.53. The highest BCUT2D eigenvalue weighted by Crippen LogP contribution is 2.31. The van der Waals surface area contributed by atoms with E-state index in [1.54, 1.807) is 11.3 Å². The number of aliphatic imine (C=N–C) groups is 1. The summed E-state index contributed by atoms with van der Waals surface area (Å²) in [7, 11) is 2.16. The van der Waals surface area contributed by atoms with E-state index < -0.39 is 0 Å². The zero-order chi connectivity index (χ0) is 16.5. The van der Waals surface area contributed by atoms with Crippen LogP contribution in [0.15, 0.2) is 53.0 Å². The average Bonchev–Trinajstić information content (AvgIpc) is 3.25. The fourth-order valence-electron chi connectivity index (χ4n) is 3.08. The molecule has 1 aliphatic heterocycles. The van der Waals surface area contributed by atoms with Crippen molar-refractivity contribution in [3.8, 4) is 0 Å². The first-order chi connectivity index (χ1) is 11.7. The van der Waals surface area contributed by atoms with Crippen molar-refractivity contribution < 1.29 is 0 Å². The molecule has 0 saturated heterocycles. The van der Waals surface area contributed by atoms with E-state index in [0.29, 0.717) is 5.84 Å². The summed E-state index contributed by atoms with van der Waals surface area (Å²) in [4.78, 5) is 11.3. The number of hydrogen-bond donors (Lipinski definition) is 2. The molecule has 0 unspecified atom stereocenters. The molecule has 26 heavy (non-hydrogen) atoms. The fourth-order valence-corrected chi connectivity index (χ4v) is 3.71. The van der Waals surface area contributed by atoms with Gasteiger partial charge in [0.25, 0.3) is 0 Å². The molecule has 138 valence electrons. The van der Waals surface area contributed by atoms with Gasteiger partial charge in [0.15, 0.2) is 0 Å². The van der Waals surface area contributed by atoms with Gasteiger partial charge in [-0.2, -0.15) is 0 Å². The molecule has 0 bridgehead atoms. The van der Waals surface area contributed by atoms with Crippen LogP contribution in [0.3, 0.4) is 0 Å². The second-order valence-electron chi connectivity index (χ2n) is 6.15. The van der Waals surface area contributed by atoms with Crippen LogP contribution in [-0.2, 0) is 0 Å². The van der Waals surface area contributed by atoms with Gasteiger partial charge in [-0.15, -0.1) is 36.2 Å². The number of aromatic amines is 1. The van der Waals surface area contributed by atoms with Crippen LogP contribution in [0.25, 0.3) is 16.5 Å². The van der Waals surface area contributed by atoms with Crippen molar-refractivity contribution in [3.63, 3.8) is 0 Å². The lowest BCUT2D eigenvalue weighted by Gasteiger charge is -2.21. The van der Waals surface area contributed by atoms with Crippen LogP contribution in [0.1, 0.15) is 16.9 Å². The fraction of sp³-hybridized carbons (Fsp3) is 0.211. The number of thiophene rings is 1. The van der Waals surface area contributed by atoms with Gasteiger partial charge in [0.2, 0.25) is 0 Å². The van der Waals surface area contributed by atoms with Crippen molar-refractivity contribution in [3.05, 3.63) is 58.4 Å². The maximum atomic E-state index is 6.09. The van der Waals surface area contributed by atoms with Gasteiger partial charge in [-0.1, -0.05) is 18.2 Å². The van der Waals surface area contributed by atoms with Crippen molar-refractivity contribution in [1.29, 1.82) is 0 Å². The topological polar surface area (TPSA) is 57.4 Å². The van der Waals surface area contributed by atoms with E-state index in [9.17, 15) is 0 Å². The molecule has 0 aliphatic carbocycles. The molecular weight excluding hydrogens is 387 g/mol. The Kier molecular flexibility index (Phi) is 6.89. The lowest BCUT2D eigenvalue weighted by molar-refractivity contribution is 0.370. The monoisotopic (exact) mass is 408 g/mol. The molecule has 4 rings (SSSR count). The normalized spacial score (nSPS) is 15.3. The van der Waals surface area contributed by atoms with Crippen LogP contribution < -0.4 is 5.73 Å². The van der Waals surface area contributed by atoms with E-state index in [0.717, 1.165) is 35.6 Å². The van der Waals surface area contributed by atoms with Gasteiger partial charge in [0, 0.05) is 35.8 Å². The lowest BCUT2D eigenvalue weighted by Crippen LogP contribution is -2.23. The van der Waals surface area contributed by atoms with Crippen molar-refractivity contribution in [2.45, 2.75) is 6.42 Å². The second kappa shape index (κ2) is 8.73. The minimum Gasteiger partial charge on any atom is -0.383 e. The lowest BCUT2D eigenvalue weighted by atomic mass is 9.99. The number of aromatic nitrogens is 1. The van der Waals surface area contributed by atoms with Crippen LogP contribution in [0.5, 0.6) is 0 Å². The van der Waals surface area contributed by atoms with E-state index in [1.165, 1.54) is 16.5 Å². The quantitative estimate of drug-likeness (QED) is 0.481. The predicted octanol–water partition coefficient (Wildman–Crippen LogP) is 4.83. The number of halogens is 2. The van der Waals surface area contributed by atoms with Gasteiger partial charge in [-0.3, -0.25) is 0 Å². The molecule has 0 saturated carbocycles. The Morgan fingerprint density at radius 1 is 1.27 bits per heavy atom. The first kappa shape index (κ1) is 20.5. The largest absolute Gasteiger partial charge is 0.383 e. The van der Waals surface area contributed by atoms with Crippen LogP contribution in [-0.4, -0.2) is 35.9 Å². The highest BCUT2D eigenvalue weighted by atomic mass is 35.5. The number of nitrogens with zero attached hydrogens (tertiary/aromatic N) is 2. The summed E-state index contributed by atoms with van der Waals surface area (Å²) in [6, 6.07) is 10.2. The molecule has 1 aliphatic rings. The smallest absolute Gasteiger partial charge is 0.141 e. The number of H-pyrrole nitrogens is 1. The highest BCUT2D eigenvalue weighted by molar-refractivity contribution is 7.12. The van der Waals surface area contributed by atoms with E-state index in [2.05, 4.69) is 46.3 Å². The van der Waals surface area contributed by atoms with Crippen LogP contribution in [0, 0.1) is 0 Å². The number of likely N-dealkylation sites (N-methyl/N-ethyl adjacent to an activating group) is 1. The summed E-state index contributed by atoms with van der Waals surface area (Å²) >= 11 is 1.60. The molecule has 7 heteroatoms. The number of nitrogens with one attached hydrogen (secondary N) is 1. The molecule has 0 radical (unpaired) electrons. The Balaban J connectivity index is 0.00000121. The first-order valence-corrected chi connectivity index (χ1v) is 8.96. The van der Waals surface area contributed by atoms with Crippen LogP contribution in [0.4, 0.5) is 5.69 Å². The Bertz CT molecular complexity index is 928. The predicted molar refractivity (Wildman–Crippen MR) is 118 cm³/mol. The minimum absolute atomic E-state index is 0. The van der Waals surface area contributed by atoms with Gasteiger partial charge < -0.3 is 15.6 Å². The molecule has 3 aromatic rings. The van der Waals surface area contributed by atoms with E-state index in [-0.39, 0.29) is 24.8 Å². The van der Waals surface area contributed by atoms with E-state index in [4.69, 9.17) is 5.73 Å². The zero-order valence-corrected chi connectivity index (χ0v) is 16.9. The number of nitrogens with two attached hydrogens (primary N) is 1. The standard InChI is InChI=1S/C19H20N4S.2ClH/c1-23-8-6-13(7-9-23)16-12-21-17-11-14(4-5-15(16)17)22-19(20)18-3-2-10-24-18;;/h2-6,10-12,21H,7-9H2,1H3,(H2,20,22);2*1H. The average molecular weight is 409 g/mol. The minimum atomic E-state index is 0. The Morgan fingerprint density at radius 2 is 2.12 bits per heavy atom. The summed E-state index contributed by atoms with van der Waals surface area (Å²) in [5.74, 6) is 0.564. The third kappa shape index (κ3) is 4.13. The molecule has 0 atom stereocenters. The van der Waals surface area contributed by atoms with Gasteiger partial charge in [-0.25, -0.2) is 4.99 Å². The molecular formula is C19H22Cl2N4S. The van der Waals surface area contributed by atoms with Crippen molar-refractivity contribution in [2.24, 2.45) is 10.7 Å². The molecule has 0 fully saturated rings. The van der Waals surface area contributed by atoms with Crippen molar-refractivity contribution in [2.75, 3.05) is 20.1 Å². The number of hydrogen-bond acceptors (Lipinski definition) is 3. The number of rotatable bonds is 3. The first-order valence-electron chi connectivity index (χ1n) is 8.08. The summed E-state index contributed by atoms with van der Waals surface area (Å²) < 4.78 is 0. The molecule has 0 spiro atoms. The molecule has 3 N–H and O–H groups in total. The van der Waals surface area contributed by atoms with Gasteiger partial charge in [-0.05, 0) is 42.6 Å². The van der Waals surface area contributed by atoms with Crippen LogP contribution in [0.2, 0.25) is 0 Å². The Labute approximate surface area is 169 Å². The van der Waals surface area contributed by atoms with E-state index in [1.807, 2.05) is 23.6 Å². The zero-order valence-electron chi connectivity index (χ0n) is 14.4. The summed E-state index contributed by atoms with van der Waals surface area (Å²) in [6.45, 7) is 2.12. The van der Waals surface area contributed by atoms with Gasteiger partial charge >= 0.3 is 0 Å². The molecule has 3 heterocycles. The molecule has 1 aromatic carbocycles. The van der Waals surface area contributed by atoms with Gasteiger partial charge in [0.05, 0.1) is 10.6 Å². The van der Waals surface area contributed by atoms with E-state index >= 15 is 0 Å². The molecule has 2 aromatic heterocycles. The maximum absolute atomic E-state index is 6.09. The number of amidine groups is 1. The maximum Gasteiger partial charge on any atom is 0.141 e. The molecule has 0 amide bonds. The number of fused-ring (bicyclic) bond motifs is 1. The van der Waals surface area contributed by atoms with Gasteiger partial charge in [0.1, 0.15) is 5.84 Å². The number of benzene rings is 1. The SMILES string of the molecule is CN1CC=C(c2c[nH]c3cc(N=C(N)c4cccs4)ccc23)CC1.Cl.Cl. The third-order valence-electron chi connectivity index (χ3n) is 4.45. The summed E-state index contributed by atoms with van der Waals surface area (Å²) in [5, 5.41) is 3.26. The third-order valence-corrected chi connectivity index (χ3v) is 5.34. The molecule has 4 nitrogen and oxygen atoms in total. The van der Waals surface area contributed by atoms with Crippen LogP contribution >= 0.6 is 36.2 Å². The summed E-state index contributed by atoms with van der Waals surface area (Å²) in [5.41, 5.74) is 10.8. The highest BCUT2D eigenvalue weighted by Gasteiger charge is 2.13.